The van der Waals surface area contributed by atoms with Crippen molar-refractivity contribution in [3.63, 3.8) is 0 Å². The molecule has 0 saturated carbocycles. The van der Waals surface area contributed by atoms with E-state index in [1.165, 1.54) is 12.3 Å². The van der Waals surface area contributed by atoms with Crippen LogP contribution in [-0.4, -0.2) is 34.9 Å². The molecule has 1 aromatic rings. The van der Waals surface area contributed by atoms with E-state index in [4.69, 9.17) is 5.73 Å². The average Bonchev–Trinajstić information content (AvgIpc) is 2.38. The summed E-state index contributed by atoms with van der Waals surface area (Å²) >= 11 is 0. The summed E-state index contributed by atoms with van der Waals surface area (Å²) < 4.78 is 13.5. The van der Waals surface area contributed by atoms with Gasteiger partial charge in [-0.1, -0.05) is 0 Å². The lowest BCUT2D eigenvalue weighted by molar-refractivity contribution is 0.0656. The van der Waals surface area contributed by atoms with Crippen LogP contribution in [0.25, 0.3) is 0 Å². The number of hydrogen-bond donors (Lipinski definition) is 1. The van der Waals surface area contributed by atoms with Gasteiger partial charge in [-0.3, -0.25) is 9.78 Å². The second-order valence-electron chi connectivity index (χ2n) is 4.87. The maximum absolute atomic E-state index is 13.5. The zero-order valence-corrected chi connectivity index (χ0v) is 10.5. The maximum Gasteiger partial charge on any atom is 0.256 e. The van der Waals surface area contributed by atoms with Gasteiger partial charge in [-0.05, 0) is 31.7 Å². The highest BCUT2D eigenvalue weighted by Crippen LogP contribution is 2.21. The van der Waals surface area contributed by atoms with Crippen molar-refractivity contribution in [2.45, 2.75) is 25.8 Å². The first kappa shape index (κ1) is 13.0. The Morgan fingerprint density at radius 1 is 1.67 bits per heavy atom. The number of carbonyl (C=O) groups is 1. The van der Waals surface area contributed by atoms with E-state index in [9.17, 15) is 9.18 Å². The van der Waals surface area contributed by atoms with E-state index in [1.54, 1.807) is 4.90 Å². The number of aromatic nitrogens is 1. The van der Waals surface area contributed by atoms with Gasteiger partial charge in [-0.15, -0.1) is 0 Å². The first-order chi connectivity index (χ1) is 8.59. The van der Waals surface area contributed by atoms with Crippen LogP contribution in [0.4, 0.5) is 4.39 Å². The SMILES string of the molecule is CC(N)C1CCCN(C(=O)c2ccncc2F)C1. The van der Waals surface area contributed by atoms with Gasteiger partial charge < -0.3 is 10.6 Å². The van der Waals surface area contributed by atoms with Gasteiger partial charge in [-0.2, -0.15) is 0 Å². The monoisotopic (exact) mass is 251 g/mol. The Kier molecular flexibility index (Phi) is 3.91. The molecule has 1 aliphatic rings. The molecule has 0 bridgehead atoms. The van der Waals surface area contributed by atoms with Gasteiger partial charge in [0.1, 0.15) is 0 Å². The summed E-state index contributed by atoms with van der Waals surface area (Å²) in [6, 6.07) is 1.48. The lowest BCUT2D eigenvalue weighted by Gasteiger charge is -2.34. The number of nitrogens with two attached hydrogens (primary N) is 1. The summed E-state index contributed by atoms with van der Waals surface area (Å²) in [5, 5.41) is 0. The van der Waals surface area contributed by atoms with Crippen molar-refractivity contribution < 1.29 is 9.18 Å². The summed E-state index contributed by atoms with van der Waals surface area (Å²) in [6.07, 6.45) is 4.45. The molecule has 5 heteroatoms. The zero-order valence-electron chi connectivity index (χ0n) is 10.5. The van der Waals surface area contributed by atoms with E-state index in [2.05, 4.69) is 4.98 Å². The predicted octanol–water partition coefficient (Wildman–Crippen LogP) is 1.42. The van der Waals surface area contributed by atoms with Crippen molar-refractivity contribution in [3.8, 4) is 0 Å². The number of carbonyl (C=O) groups excluding carboxylic acids is 1. The lowest BCUT2D eigenvalue weighted by Crippen LogP contribution is -2.45. The Hall–Kier alpha value is -1.49. The van der Waals surface area contributed by atoms with E-state index < -0.39 is 5.82 Å². The zero-order chi connectivity index (χ0) is 13.1. The van der Waals surface area contributed by atoms with E-state index in [-0.39, 0.29) is 17.5 Å². The Morgan fingerprint density at radius 2 is 2.44 bits per heavy atom. The van der Waals surface area contributed by atoms with Gasteiger partial charge in [0.25, 0.3) is 5.91 Å². The number of pyridine rings is 1. The molecule has 2 atom stereocenters. The van der Waals surface area contributed by atoms with Crippen LogP contribution >= 0.6 is 0 Å². The van der Waals surface area contributed by atoms with E-state index in [1.807, 2.05) is 6.92 Å². The molecule has 2 N–H and O–H groups in total. The molecule has 1 saturated heterocycles. The summed E-state index contributed by atoms with van der Waals surface area (Å²) in [7, 11) is 0. The fourth-order valence-electron chi connectivity index (χ4n) is 2.34. The van der Waals surface area contributed by atoms with Crippen molar-refractivity contribution >= 4 is 5.91 Å². The molecule has 2 unspecified atom stereocenters. The molecule has 18 heavy (non-hydrogen) atoms. The average molecular weight is 251 g/mol. The van der Waals surface area contributed by atoms with Crippen LogP contribution in [0.3, 0.4) is 0 Å². The molecule has 2 rings (SSSR count). The molecule has 98 valence electrons. The summed E-state index contributed by atoms with van der Waals surface area (Å²) in [5.41, 5.74) is 5.97. The third kappa shape index (κ3) is 2.67. The third-order valence-corrected chi connectivity index (χ3v) is 3.49. The second-order valence-corrected chi connectivity index (χ2v) is 4.87. The highest BCUT2D eigenvalue weighted by molar-refractivity contribution is 5.94. The van der Waals surface area contributed by atoms with Crippen molar-refractivity contribution in [2.24, 2.45) is 11.7 Å². The molecule has 0 aromatic carbocycles. The number of likely N-dealkylation sites (tertiary alicyclic amines) is 1. The van der Waals surface area contributed by atoms with Gasteiger partial charge in [0.05, 0.1) is 11.8 Å². The van der Waals surface area contributed by atoms with Crippen LogP contribution in [0.2, 0.25) is 0 Å². The lowest BCUT2D eigenvalue weighted by atomic mass is 9.92. The van der Waals surface area contributed by atoms with Crippen LogP contribution < -0.4 is 5.73 Å². The van der Waals surface area contributed by atoms with Gasteiger partial charge >= 0.3 is 0 Å². The molecule has 1 amide bonds. The smallest absolute Gasteiger partial charge is 0.256 e. The van der Waals surface area contributed by atoms with Crippen molar-refractivity contribution in [2.75, 3.05) is 13.1 Å². The maximum atomic E-state index is 13.5. The number of nitrogens with zero attached hydrogens (tertiary/aromatic N) is 2. The third-order valence-electron chi connectivity index (χ3n) is 3.49. The fraction of sp³-hybridized carbons (Fsp3) is 0.538. The topological polar surface area (TPSA) is 59.2 Å². The molecule has 1 aliphatic heterocycles. The number of amides is 1. The van der Waals surface area contributed by atoms with Crippen molar-refractivity contribution in [1.82, 2.24) is 9.88 Å². The quantitative estimate of drug-likeness (QED) is 0.864. The first-order valence-electron chi connectivity index (χ1n) is 6.24. The molecule has 4 nitrogen and oxygen atoms in total. The first-order valence-corrected chi connectivity index (χ1v) is 6.24. The van der Waals surface area contributed by atoms with E-state index in [0.717, 1.165) is 19.0 Å². The molecule has 0 radical (unpaired) electrons. The summed E-state index contributed by atoms with van der Waals surface area (Å²) in [4.78, 5) is 17.5. The normalized spacial score (nSPS) is 21.7. The predicted molar refractivity (Wildman–Crippen MR) is 66.5 cm³/mol. The number of piperidine rings is 1. The van der Waals surface area contributed by atoms with Gasteiger partial charge in [0.2, 0.25) is 0 Å². The van der Waals surface area contributed by atoms with Crippen molar-refractivity contribution in [3.05, 3.63) is 29.8 Å². The van der Waals surface area contributed by atoms with Crippen LogP contribution in [-0.2, 0) is 0 Å². The summed E-state index contributed by atoms with van der Waals surface area (Å²) in [6.45, 7) is 3.23. The number of halogens is 1. The second kappa shape index (κ2) is 5.44. The Morgan fingerprint density at radius 3 is 3.11 bits per heavy atom. The molecule has 0 spiro atoms. The Balaban J connectivity index is 2.12. The van der Waals surface area contributed by atoms with Gasteiger partial charge in [0.15, 0.2) is 5.82 Å². The van der Waals surface area contributed by atoms with Crippen LogP contribution in [0.1, 0.15) is 30.1 Å². The highest BCUT2D eigenvalue weighted by Gasteiger charge is 2.27. The van der Waals surface area contributed by atoms with Crippen LogP contribution in [0.5, 0.6) is 0 Å². The molecule has 1 aromatic heterocycles. The highest BCUT2D eigenvalue weighted by atomic mass is 19.1. The van der Waals surface area contributed by atoms with Crippen LogP contribution in [0, 0.1) is 11.7 Å². The van der Waals surface area contributed by atoms with Crippen molar-refractivity contribution in [1.29, 1.82) is 0 Å². The molecule has 2 heterocycles. The van der Waals surface area contributed by atoms with E-state index >= 15 is 0 Å². The minimum absolute atomic E-state index is 0.0582. The minimum Gasteiger partial charge on any atom is -0.338 e. The standard InChI is InChI=1S/C13H18FN3O/c1-9(15)10-3-2-6-17(8-10)13(18)11-4-5-16-7-12(11)14/h4-5,7,9-10H,2-3,6,8,15H2,1H3. The Labute approximate surface area is 106 Å². The van der Waals surface area contributed by atoms with E-state index in [0.29, 0.717) is 19.0 Å². The van der Waals surface area contributed by atoms with Crippen LogP contribution in [0.15, 0.2) is 18.5 Å². The number of rotatable bonds is 2. The Bertz CT molecular complexity index is 436. The largest absolute Gasteiger partial charge is 0.338 e. The molecule has 0 aliphatic carbocycles. The number of hydrogen-bond acceptors (Lipinski definition) is 3. The molecule has 1 fully saturated rings. The van der Waals surface area contributed by atoms with Gasteiger partial charge in [0, 0.05) is 25.3 Å². The summed E-state index contributed by atoms with van der Waals surface area (Å²) in [5.74, 6) is -0.529. The fourth-order valence-corrected chi connectivity index (χ4v) is 2.34. The minimum atomic E-state index is -0.564. The molecular formula is C13H18FN3O. The molecular weight excluding hydrogens is 233 g/mol. The van der Waals surface area contributed by atoms with Gasteiger partial charge in [-0.25, -0.2) is 4.39 Å².